The Morgan fingerprint density at radius 2 is 1.61 bits per heavy atom. The molecule has 1 unspecified atom stereocenters. The number of benzene rings is 1. The first-order chi connectivity index (χ1) is 11.2. The Morgan fingerprint density at radius 1 is 0.957 bits per heavy atom. The summed E-state index contributed by atoms with van der Waals surface area (Å²) in [5, 5.41) is 20.6. The highest BCUT2D eigenvalue weighted by Gasteiger charge is 2.23. The molecule has 0 spiro atoms. The number of β-amino-alcohol motifs (C(OH)–C–C–N with tert-alkyl or cyclic N) is 1. The van der Waals surface area contributed by atoms with Gasteiger partial charge in [-0.2, -0.15) is 0 Å². The predicted molar refractivity (Wildman–Crippen MR) is 93.8 cm³/mol. The normalized spacial score (nSPS) is 21.3. The number of aliphatic hydroxyl groups excluding tert-OH is 2. The van der Waals surface area contributed by atoms with E-state index in [1.807, 2.05) is 6.07 Å². The first-order valence-electron chi connectivity index (χ1n) is 8.85. The number of anilines is 1. The lowest BCUT2D eigenvalue weighted by Gasteiger charge is -2.37. The van der Waals surface area contributed by atoms with Crippen LogP contribution in [0.15, 0.2) is 41.7 Å². The Labute approximate surface area is 139 Å². The van der Waals surface area contributed by atoms with Gasteiger partial charge in [-0.3, -0.25) is 4.90 Å². The van der Waals surface area contributed by atoms with Gasteiger partial charge in [0.15, 0.2) is 0 Å². The smallest absolute Gasteiger partial charge is 0.123 e. The highest BCUT2D eigenvalue weighted by atomic mass is 16.3. The number of nitrogens with zero attached hydrogens (tertiary/aromatic N) is 2. The second kappa shape index (κ2) is 7.84. The largest absolute Gasteiger partial charge is 0.510 e. The van der Waals surface area contributed by atoms with Crippen molar-refractivity contribution in [3.8, 4) is 0 Å². The van der Waals surface area contributed by atoms with E-state index in [2.05, 4.69) is 34.1 Å². The topological polar surface area (TPSA) is 46.9 Å². The Balaban J connectivity index is 1.50. The molecule has 0 aromatic heterocycles. The van der Waals surface area contributed by atoms with Gasteiger partial charge in [0.05, 0.1) is 0 Å². The molecule has 4 nitrogen and oxygen atoms in total. The van der Waals surface area contributed by atoms with Gasteiger partial charge in [0.2, 0.25) is 0 Å². The Hall–Kier alpha value is -1.52. The van der Waals surface area contributed by atoms with Crippen molar-refractivity contribution in [2.24, 2.45) is 0 Å². The van der Waals surface area contributed by atoms with Crippen LogP contribution in [0, 0.1) is 0 Å². The number of hydrogen-bond donors (Lipinski definition) is 2. The zero-order valence-electron chi connectivity index (χ0n) is 13.8. The first kappa shape index (κ1) is 16.3. The first-order valence-corrected chi connectivity index (χ1v) is 8.85. The van der Waals surface area contributed by atoms with Gasteiger partial charge in [-0.15, -0.1) is 0 Å². The molecule has 1 aliphatic heterocycles. The fourth-order valence-corrected chi connectivity index (χ4v) is 3.63. The monoisotopic (exact) mass is 316 g/mol. The molecule has 1 saturated carbocycles. The quantitative estimate of drug-likeness (QED) is 0.839. The van der Waals surface area contributed by atoms with E-state index in [0.717, 1.165) is 57.4 Å². The van der Waals surface area contributed by atoms with Gasteiger partial charge in [-0.25, -0.2) is 0 Å². The Morgan fingerprint density at radius 3 is 2.26 bits per heavy atom. The summed E-state index contributed by atoms with van der Waals surface area (Å²) in [6, 6.07) is 10.5. The number of hydrogen-bond acceptors (Lipinski definition) is 4. The fraction of sp³-hybridized carbons (Fsp3) is 0.579. The Kier molecular flexibility index (Phi) is 5.57. The van der Waals surface area contributed by atoms with Crippen LogP contribution in [-0.2, 0) is 0 Å². The molecule has 23 heavy (non-hydrogen) atoms. The minimum Gasteiger partial charge on any atom is -0.510 e. The van der Waals surface area contributed by atoms with Gasteiger partial charge in [0.25, 0.3) is 0 Å². The van der Waals surface area contributed by atoms with Crippen molar-refractivity contribution >= 4 is 5.69 Å². The molecule has 2 fully saturated rings. The third kappa shape index (κ3) is 4.27. The molecule has 2 N–H and O–H groups in total. The predicted octanol–water partition coefficient (Wildman–Crippen LogP) is 2.95. The molecule has 1 heterocycles. The van der Waals surface area contributed by atoms with Gasteiger partial charge in [-0.1, -0.05) is 24.6 Å². The SMILES string of the molecule is OC(=C1CCCCC1)C(O)CN1CCN(c2ccccc2)CC1. The molecule has 126 valence electrons. The maximum absolute atomic E-state index is 10.3. The van der Waals surface area contributed by atoms with Gasteiger partial charge in [0.1, 0.15) is 11.9 Å². The van der Waals surface area contributed by atoms with Crippen LogP contribution < -0.4 is 4.90 Å². The van der Waals surface area contributed by atoms with E-state index in [9.17, 15) is 10.2 Å². The lowest BCUT2D eigenvalue weighted by molar-refractivity contribution is 0.0966. The maximum Gasteiger partial charge on any atom is 0.123 e. The minimum absolute atomic E-state index is 0.246. The summed E-state index contributed by atoms with van der Waals surface area (Å²) in [5.41, 5.74) is 2.34. The molecule has 0 radical (unpaired) electrons. The maximum atomic E-state index is 10.3. The molecule has 1 saturated heterocycles. The lowest BCUT2D eigenvalue weighted by atomic mass is 9.92. The summed E-state index contributed by atoms with van der Waals surface area (Å²) in [7, 11) is 0. The zero-order valence-corrected chi connectivity index (χ0v) is 13.8. The summed E-state index contributed by atoms with van der Waals surface area (Å²) in [6.45, 7) is 4.32. The highest BCUT2D eigenvalue weighted by molar-refractivity contribution is 5.46. The molecular weight excluding hydrogens is 288 g/mol. The van der Waals surface area contributed by atoms with Crippen LogP contribution in [0.4, 0.5) is 5.69 Å². The summed E-state index contributed by atoms with van der Waals surface area (Å²) in [4.78, 5) is 4.63. The van der Waals surface area contributed by atoms with Crippen LogP contribution in [0.1, 0.15) is 32.1 Å². The summed E-state index contributed by atoms with van der Waals surface area (Å²) < 4.78 is 0. The number of rotatable bonds is 4. The van der Waals surface area contributed by atoms with E-state index >= 15 is 0 Å². The van der Waals surface area contributed by atoms with E-state index in [0.29, 0.717) is 6.54 Å². The molecule has 1 atom stereocenters. The van der Waals surface area contributed by atoms with Crippen LogP contribution in [0.5, 0.6) is 0 Å². The second-order valence-electron chi connectivity index (χ2n) is 6.69. The molecule has 4 heteroatoms. The van der Waals surface area contributed by atoms with E-state index in [1.54, 1.807) is 0 Å². The number of piperazine rings is 1. The summed E-state index contributed by atoms with van der Waals surface area (Å²) in [5.74, 6) is 0.246. The van der Waals surface area contributed by atoms with Gasteiger partial charge in [0, 0.05) is 38.4 Å². The minimum atomic E-state index is -0.730. The van der Waals surface area contributed by atoms with E-state index in [4.69, 9.17) is 0 Å². The Bertz CT molecular complexity index is 513. The molecule has 0 amide bonds. The van der Waals surface area contributed by atoms with Gasteiger partial charge in [-0.05, 0) is 43.4 Å². The second-order valence-corrected chi connectivity index (χ2v) is 6.69. The molecule has 2 aliphatic rings. The fourth-order valence-electron chi connectivity index (χ4n) is 3.63. The van der Waals surface area contributed by atoms with Gasteiger partial charge < -0.3 is 15.1 Å². The number of allylic oxidation sites excluding steroid dienone is 1. The van der Waals surface area contributed by atoms with Crippen molar-refractivity contribution in [2.75, 3.05) is 37.6 Å². The van der Waals surface area contributed by atoms with Crippen LogP contribution in [0.25, 0.3) is 0 Å². The molecule has 1 aromatic carbocycles. The van der Waals surface area contributed by atoms with Crippen LogP contribution in [0.3, 0.4) is 0 Å². The molecule has 1 aromatic rings. The van der Waals surface area contributed by atoms with Crippen molar-refractivity contribution in [3.63, 3.8) is 0 Å². The summed E-state index contributed by atoms with van der Waals surface area (Å²) >= 11 is 0. The van der Waals surface area contributed by atoms with Gasteiger partial charge >= 0.3 is 0 Å². The summed E-state index contributed by atoms with van der Waals surface area (Å²) in [6.07, 6.45) is 4.69. The third-order valence-electron chi connectivity index (χ3n) is 5.06. The van der Waals surface area contributed by atoms with Crippen molar-refractivity contribution in [2.45, 2.75) is 38.2 Å². The van der Waals surface area contributed by atoms with Crippen LogP contribution in [0.2, 0.25) is 0 Å². The average molecular weight is 316 g/mol. The zero-order chi connectivity index (χ0) is 16.1. The highest BCUT2D eigenvalue weighted by Crippen LogP contribution is 2.26. The van der Waals surface area contributed by atoms with E-state index < -0.39 is 6.10 Å². The van der Waals surface area contributed by atoms with E-state index in [1.165, 1.54) is 12.1 Å². The van der Waals surface area contributed by atoms with Crippen molar-refractivity contribution in [1.82, 2.24) is 4.90 Å². The third-order valence-corrected chi connectivity index (χ3v) is 5.06. The molecule has 1 aliphatic carbocycles. The van der Waals surface area contributed by atoms with Crippen molar-refractivity contribution < 1.29 is 10.2 Å². The van der Waals surface area contributed by atoms with Crippen LogP contribution >= 0.6 is 0 Å². The standard InChI is InChI=1S/C19H28N2O2/c22-18(19(23)16-7-3-1-4-8-16)15-20-11-13-21(14-12-20)17-9-5-2-6-10-17/h2,5-6,9-10,18,22-23H,1,3-4,7-8,11-15H2. The van der Waals surface area contributed by atoms with Crippen molar-refractivity contribution in [3.05, 3.63) is 41.7 Å². The number of para-hydroxylation sites is 1. The molecule has 3 rings (SSSR count). The van der Waals surface area contributed by atoms with E-state index in [-0.39, 0.29) is 5.76 Å². The van der Waals surface area contributed by atoms with Crippen LogP contribution in [-0.4, -0.2) is 53.9 Å². The average Bonchev–Trinajstić information content (AvgIpc) is 2.63. The lowest BCUT2D eigenvalue weighted by Crippen LogP contribution is -2.48. The number of aliphatic hydroxyl groups is 2. The molecular formula is C19H28N2O2. The molecule has 0 bridgehead atoms. The van der Waals surface area contributed by atoms with Crippen molar-refractivity contribution in [1.29, 1.82) is 0 Å².